The first-order chi connectivity index (χ1) is 12.3. The van der Waals surface area contributed by atoms with E-state index in [9.17, 15) is 13.2 Å². The average Bonchev–Trinajstić information content (AvgIpc) is 2.60. The van der Waals surface area contributed by atoms with Gasteiger partial charge in [-0.2, -0.15) is 4.31 Å². The Bertz CT molecular complexity index is 738. The number of benzene rings is 1. The molecule has 1 aromatic rings. The Morgan fingerprint density at radius 3 is 2.27 bits per heavy atom. The summed E-state index contributed by atoms with van der Waals surface area (Å²) in [6.07, 6.45) is 2.90. The van der Waals surface area contributed by atoms with Crippen molar-refractivity contribution < 1.29 is 13.2 Å². The summed E-state index contributed by atoms with van der Waals surface area (Å²) in [5, 5.41) is 0. The van der Waals surface area contributed by atoms with Crippen molar-refractivity contribution in [3.8, 4) is 0 Å². The second kappa shape index (κ2) is 7.66. The highest BCUT2D eigenvalue weighted by Crippen LogP contribution is 2.27. The minimum absolute atomic E-state index is 0.0235. The highest BCUT2D eigenvalue weighted by atomic mass is 32.2. The number of nitrogens with two attached hydrogens (primary N) is 1. The molecule has 26 heavy (non-hydrogen) atoms. The van der Waals surface area contributed by atoms with Crippen LogP contribution in [0.15, 0.2) is 29.2 Å². The molecule has 0 bridgehead atoms. The minimum Gasteiger partial charge on any atom is -0.337 e. The van der Waals surface area contributed by atoms with E-state index in [-0.39, 0.29) is 16.8 Å². The number of nitrogens with zero attached hydrogens (tertiary/aromatic N) is 2. The molecule has 1 amide bonds. The maximum atomic E-state index is 12.9. The van der Waals surface area contributed by atoms with Crippen molar-refractivity contribution in [3.05, 3.63) is 29.8 Å². The summed E-state index contributed by atoms with van der Waals surface area (Å²) in [4.78, 5) is 14.6. The van der Waals surface area contributed by atoms with Crippen LogP contribution in [0.1, 0.15) is 43.5 Å². The molecule has 2 saturated heterocycles. The highest BCUT2D eigenvalue weighted by Gasteiger charge is 2.32. The van der Waals surface area contributed by atoms with Crippen molar-refractivity contribution in [1.29, 1.82) is 0 Å². The SMILES string of the molecule is CC1CC(C)CN(S(=O)(=O)c2ccc(C(=O)N3CCCC(N)C3)cc2)C1. The predicted octanol–water partition coefficient (Wildman–Crippen LogP) is 1.92. The van der Waals surface area contributed by atoms with Crippen LogP contribution in [-0.4, -0.2) is 55.8 Å². The molecule has 3 unspecified atom stereocenters. The van der Waals surface area contributed by atoms with Crippen LogP contribution in [0.3, 0.4) is 0 Å². The van der Waals surface area contributed by atoms with Gasteiger partial charge in [-0.25, -0.2) is 8.42 Å². The van der Waals surface area contributed by atoms with Gasteiger partial charge in [-0.15, -0.1) is 0 Å². The topological polar surface area (TPSA) is 83.7 Å². The van der Waals surface area contributed by atoms with Crippen LogP contribution in [0.25, 0.3) is 0 Å². The molecule has 6 nitrogen and oxygen atoms in total. The molecule has 0 saturated carbocycles. The first-order valence-electron chi connectivity index (χ1n) is 9.42. The van der Waals surface area contributed by atoms with Gasteiger partial charge in [-0.1, -0.05) is 13.8 Å². The van der Waals surface area contributed by atoms with E-state index in [4.69, 9.17) is 5.73 Å². The number of hydrogen-bond acceptors (Lipinski definition) is 4. The van der Waals surface area contributed by atoms with Gasteiger partial charge in [-0.3, -0.25) is 4.79 Å². The lowest BCUT2D eigenvalue weighted by Gasteiger charge is -2.34. The van der Waals surface area contributed by atoms with E-state index in [0.29, 0.717) is 43.6 Å². The van der Waals surface area contributed by atoms with Crippen molar-refractivity contribution in [2.45, 2.75) is 44.0 Å². The third-order valence-corrected chi connectivity index (χ3v) is 7.17. The third kappa shape index (κ3) is 4.10. The number of hydrogen-bond donors (Lipinski definition) is 1. The van der Waals surface area contributed by atoms with E-state index in [1.807, 2.05) is 0 Å². The highest BCUT2D eigenvalue weighted by molar-refractivity contribution is 7.89. The fourth-order valence-corrected chi connectivity index (χ4v) is 5.78. The molecule has 2 aliphatic rings. The van der Waals surface area contributed by atoms with Gasteiger partial charge in [0.2, 0.25) is 10.0 Å². The van der Waals surface area contributed by atoms with Gasteiger partial charge in [-0.05, 0) is 55.4 Å². The Labute approximate surface area is 156 Å². The Kier molecular flexibility index (Phi) is 5.69. The normalized spacial score (nSPS) is 28.1. The molecule has 2 aliphatic heterocycles. The fourth-order valence-electron chi connectivity index (χ4n) is 4.10. The zero-order valence-electron chi connectivity index (χ0n) is 15.6. The van der Waals surface area contributed by atoms with Crippen molar-refractivity contribution in [1.82, 2.24) is 9.21 Å². The molecule has 0 aliphatic carbocycles. The number of rotatable bonds is 3. The van der Waals surface area contributed by atoms with Crippen LogP contribution >= 0.6 is 0 Å². The number of carbonyl (C=O) groups is 1. The maximum absolute atomic E-state index is 12.9. The van der Waals surface area contributed by atoms with Gasteiger partial charge in [0.1, 0.15) is 0 Å². The first-order valence-corrected chi connectivity index (χ1v) is 10.9. The summed E-state index contributed by atoms with van der Waals surface area (Å²) in [6, 6.07) is 6.36. The van der Waals surface area contributed by atoms with Crippen molar-refractivity contribution in [2.24, 2.45) is 17.6 Å². The lowest BCUT2D eigenvalue weighted by atomic mass is 9.94. The van der Waals surface area contributed by atoms with Crippen molar-refractivity contribution >= 4 is 15.9 Å². The molecule has 1 aromatic carbocycles. The quantitative estimate of drug-likeness (QED) is 0.870. The molecule has 3 rings (SSSR count). The lowest BCUT2D eigenvalue weighted by Crippen LogP contribution is -2.45. The van der Waals surface area contributed by atoms with Crippen molar-refractivity contribution in [2.75, 3.05) is 26.2 Å². The van der Waals surface area contributed by atoms with Crippen LogP contribution in [0.4, 0.5) is 0 Å². The van der Waals surface area contributed by atoms with E-state index in [1.54, 1.807) is 33.5 Å². The number of likely N-dealkylation sites (tertiary alicyclic amines) is 1. The monoisotopic (exact) mass is 379 g/mol. The van der Waals surface area contributed by atoms with Crippen LogP contribution in [0.2, 0.25) is 0 Å². The second-order valence-corrected chi connectivity index (χ2v) is 9.88. The average molecular weight is 380 g/mol. The smallest absolute Gasteiger partial charge is 0.253 e. The van der Waals surface area contributed by atoms with Crippen LogP contribution in [-0.2, 0) is 10.0 Å². The third-order valence-electron chi connectivity index (χ3n) is 5.32. The summed E-state index contributed by atoms with van der Waals surface area (Å²) >= 11 is 0. The Balaban J connectivity index is 1.75. The van der Waals surface area contributed by atoms with Crippen LogP contribution < -0.4 is 5.73 Å². The summed E-state index contributed by atoms with van der Waals surface area (Å²) < 4.78 is 27.4. The van der Waals surface area contributed by atoms with E-state index >= 15 is 0 Å². The van der Waals surface area contributed by atoms with Crippen LogP contribution in [0.5, 0.6) is 0 Å². The molecular weight excluding hydrogens is 350 g/mol. The molecular formula is C19H29N3O3S. The Morgan fingerprint density at radius 2 is 1.69 bits per heavy atom. The van der Waals surface area contributed by atoms with Gasteiger partial charge in [0.25, 0.3) is 5.91 Å². The lowest BCUT2D eigenvalue weighted by molar-refractivity contribution is 0.0708. The zero-order chi connectivity index (χ0) is 18.9. The maximum Gasteiger partial charge on any atom is 0.253 e. The summed E-state index contributed by atoms with van der Waals surface area (Å²) in [5.41, 5.74) is 6.46. The van der Waals surface area contributed by atoms with E-state index < -0.39 is 10.0 Å². The van der Waals surface area contributed by atoms with Crippen LogP contribution in [0, 0.1) is 11.8 Å². The van der Waals surface area contributed by atoms with Gasteiger partial charge >= 0.3 is 0 Å². The summed E-state index contributed by atoms with van der Waals surface area (Å²) in [7, 11) is -3.52. The molecule has 0 spiro atoms. The molecule has 2 fully saturated rings. The summed E-state index contributed by atoms with van der Waals surface area (Å²) in [6.45, 7) is 6.54. The standard InChI is InChI=1S/C19H29N3O3S/c1-14-10-15(2)12-22(11-14)26(24,25)18-7-5-16(6-8-18)19(23)21-9-3-4-17(20)13-21/h5-8,14-15,17H,3-4,9-13,20H2,1-2H3. The van der Waals surface area contributed by atoms with E-state index in [2.05, 4.69) is 13.8 Å². The molecule has 3 atom stereocenters. The fraction of sp³-hybridized carbons (Fsp3) is 0.632. The van der Waals surface area contributed by atoms with Crippen molar-refractivity contribution in [3.63, 3.8) is 0 Å². The van der Waals surface area contributed by atoms with E-state index in [0.717, 1.165) is 19.3 Å². The first kappa shape index (κ1) is 19.3. The molecule has 0 aromatic heterocycles. The minimum atomic E-state index is -3.52. The zero-order valence-corrected chi connectivity index (χ0v) is 16.4. The predicted molar refractivity (Wildman–Crippen MR) is 101 cm³/mol. The second-order valence-electron chi connectivity index (χ2n) is 7.95. The van der Waals surface area contributed by atoms with Gasteiger partial charge in [0.05, 0.1) is 4.90 Å². The summed E-state index contributed by atoms with van der Waals surface area (Å²) in [5.74, 6) is 0.639. The largest absolute Gasteiger partial charge is 0.337 e. The molecule has 2 heterocycles. The molecule has 144 valence electrons. The molecule has 7 heteroatoms. The number of amides is 1. The Morgan fingerprint density at radius 1 is 1.08 bits per heavy atom. The number of sulfonamides is 1. The number of carbonyl (C=O) groups excluding carboxylic acids is 1. The van der Waals surface area contributed by atoms with Gasteiger partial charge < -0.3 is 10.6 Å². The number of piperidine rings is 2. The molecule has 0 radical (unpaired) electrons. The van der Waals surface area contributed by atoms with Gasteiger partial charge in [0.15, 0.2) is 0 Å². The van der Waals surface area contributed by atoms with E-state index in [1.165, 1.54) is 0 Å². The van der Waals surface area contributed by atoms with Gasteiger partial charge in [0, 0.05) is 37.8 Å². The molecule has 2 N–H and O–H groups in total. The Hall–Kier alpha value is -1.44.